The molecule has 0 fully saturated rings. The van der Waals surface area contributed by atoms with Gasteiger partial charge in [0.2, 0.25) is 6.62 Å². The van der Waals surface area contributed by atoms with Gasteiger partial charge in [0.1, 0.15) is 27.2 Å². The SMILES string of the molecule is Cl[P+](c1ccccc1)(c1ccccc1)c1ccccc1.[Zn]. The molecule has 21 heavy (non-hydrogen) atoms. The molecule has 0 aliphatic rings. The first-order chi connectivity index (χ1) is 9.82. The van der Waals surface area contributed by atoms with Crippen LogP contribution in [0, 0.1) is 0 Å². The zero-order valence-electron chi connectivity index (χ0n) is 11.7. The standard InChI is InChI=1S/C18H15ClP.Zn/c19-20(16-10-4-1-5-11-16,17-12-6-2-7-13-17)18-14-8-3-9-15-18;/h1-15H;/q+1;. The summed E-state index contributed by atoms with van der Waals surface area (Å²) in [6, 6.07) is 31.2. The molecule has 0 amide bonds. The Bertz CT molecular complexity index is 575. The van der Waals surface area contributed by atoms with Crippen molar-refractivity contribution >= 4 is 33.8 Å². The molecule has 3 aromatic rings. The van der Waals surface area contributed by atoms with Gasteiger partial charge in [-0.2, -0.15) is 0 Å². The predicted molar refractivity (Wildman–Crippen MR) is 91.0 cm³/mol. The molecule has 0 unspecified atom stereocenters. The smallest absolute Gasteiger partial charge is 0.0620 e. The largest absolute Gasteiger partial charge is 0.210 e. The van der Waals surface area contributed by atoms with Crippen LogP contribution >= 0.6 is 17.9 Å². The molecule has 0 radical (unpaired) electrons. The molecule has 3 aromatic carbocycles. The second-order valence-electron chi connectivity index (χ2n) is 4.60. The molecule has 0 heterocycles. The van der Waals surface area contributed by atoms with E-state index in [0.29, 0.717) is 0 Å². The summed E-state index contributed by atoms with van der Waals surface area (Å²) >= 11 is 7.23. The van der Waals surface area contributed by atoms with Crippen molar-refractivity contribution in [2.45, 2.75) is 0 Å². The van der Waals surface area contributed by atoms with E-state index in [2.05, 4.69) is 72.8 Å². The van der Waals surface area contributed by atoms with E-state index in [1.165, 1.54) is 15.9 Å². The number of hydrogen-bond donors (Lipinski definition) is 0. The van der Waals surface area contributed by atoms with Crippen LogP contribution < -0.4 is 15.9 Å². The topological polar surface area (TPSA) is 0 Å². The number of benzene rings is 3. The van der Waals surface area contributed by atoms with E-state index in [1.807, 2.05) is 18.2 Å². The van der Waals surface area contributed by atoms with Gasteiger partial charge in [-0.15, -0.1) is 0 Å². The molecule has 0 aromatic heterocycles. The Morgan fingerprint density at radius 2 is 0.714 bits per heavy atom. The van der Waals surface area contributed by atoms with Crippen molar-refractivity contribution in [1.82, 2.24) is 0 Å². The van der Waals surface area contributed by atoms with E-state index in [1.54, 1.807) is 0 Å². The maximum absolute atomic E-state index is 7.23. The maximum atomic E-state index is 7.23. The van der Waals surface area contributed by atoms with Crippen LogP contribution in [0.1, 0.15) is 0 Å². The van der Waals surface area contributed by atoms with Crippen molar-refractivity contribution in [2.75, 3.05) is 0 Å². The summed E-state index contributed by atoms with van der Waals surface area (Å²) < 4.78 is 0. The molecule has 0 nitrogen and oxygen atoms in total. The van der Waals surface area contributed by atoms with Crippen molar-refractivity contribution < 1.29 is 19.5 Å². The van der Waals surface area contributed by atoms with Gasteiger partial charge in [0, 0.05) is 19.5 Å². The molecule has 0 N–H and O–H groups in total. The Balaban J connectivity index is 0.00000161. The van der Waals surface area contributed by atoms with Crippen LogP contribution in [0.5, 0.6) is 0 Å². The minimum Gasteiger partial charge on any atom is -0.0620 e. The summed E-state index contributed by atoms with van der Waals surface area (Å²) in [4.78, 5) is 0. The molecule has 0 saturated heterocycles. The molecule has 0 bridgehead atoms. The van der Waals surface area contributed by atoms with Crippen LogP contribution in [-0.2, 0) is 19.5 Å². The predicted octanol–water partition coefficient (Wildman–Crippen LogP) is 4.13. The molecule has 0 aliphatic heterocycles. The Kier molecular flexibility index (Phi) is 5.71. The molecule has 0 aliphatic carbocycles. The van der Waals surface area contributed by atoms with Gasteiger partial charge in [-0.05, 0) is 36.4 Å². The quantitative estimate of drug-likeness (QED) is 0.485. The molecule has 100 valence electrons. The van der Waals surface area contributed by atoms with Gasteiger partial charge < -0.3 is 0 Å². The fourth-order valence-electron chi connectivity index (χ4n) is 2.35. The molecular formula is C18H15ClPZn+. The second-order valence-corrected chi connectivity index (χ2v) is 8.84. The Labute approximate surface area is 144 Å². The normalized spacial score (nSPS) is 10.7. The zero-order valence-corrected chi connectivity index (χ0v) is 16.3. The molecule has 3 rings (SSSR count). The first-order valence-corrected chi connectivity index (χ1v) is 9.27. The van der Waals surface area contributed by atoms with Gasteiger partial charge in [0.05, 0.1) is 0 Å². The van der Waals surface area contributed by atoms with Gasteiger partial charge in [0.15, 0.2) is 0 Å². The molecular weight excluding hydrogens is 348 g/mol. The minimum atomic E-state index is -2.05. The molecule has 3 heteroatoms. The molecule has 0 atom stereocenters. The first-order valence-electron chi connectivity index (χ1n) is 6.57. The third-order valence-corrected chi connectivity index (χ3v) is 8.12. The van der Waals surface area contributed by atoms with Crippen molar-refractivity contribution in [3.05, 3.63) is 91.0 Å². The maximum Gasteiger partial charge on any atom is 0.210 e. The Morgan fingerprint density at radius 3 is 0.952 bits per heavy atom. The summed E-state index contributed by atoms with van der Waals surface area (Å²) in [5.41, 5.74) is 0. The minimum absolute atomic E-state index is 0. The van der Waals surface area contributed by atoms with Crippen LogP contribution in [-0.4, -0.2) is 0 Å². The van der Waals surface area contributed by atoms with Crippen LogP contribution in [0.4, 0.5) is 0 Å². The second kappa shape index (κ2) is 7.32. The summed E-state index contributed by atoms with van der Waals surface area (Å²) in [5, 5.41) is 3.58. The Hall–Kier alpha value is -0.997. The van der Waals surface area contributed by atoms with Crippen molar-refractivity contribution in [1.29, 1.82) is 0 Å². The molecule has 0 saturated carbocycles. The zero-order chi connectivity index (χ0) is 13.8. The Morgan fingerprint density at radius 1 is 0.476 bits per heavy atom. The van der Waals surface area contributed by atoms with Crippen LogP contribution in [0.15, 0.2) is 91.0 Å². The van der Waals surface area contributed by atoms with E-state index in [0.717, 1.165) is 0 Å². The van der Waals surface area contributed by atoms with E-state index < -0.39 is 6.62 Å². The van der Waals surface area contributed by atoms with E-state index in [9.17, 15) is 0 Å². The summed E-state index contributed by atoms with van der Waals surface area (Å²) in [6.45, 7) is -2.05. The number of halogens is 1. The van der Waals surface area contributed by atoms with Crippen molar-refractivity contribution in [3.8, 4) is 0 Å². The van der Waals surface area contributed by atoms with Gasteiger partial charge in [-0.3, -0.25) is 0 Å². The van der Waals surface area contributed by atoms with E-state index in [-0.39, 0.29) is 19.5 Å². The number of rotatable bonds is 3. The van der Waals surface area contributed by atoms with Crippen molar-refractivity contribution in [3.63, 3.8) is 0 Å². The van der Waals surface area contributed by atoms with Crippen LogP contribution in [0.25, 0.3) is 0 Å². The van der Waals surface area contributed by atoms with Crippen molar-refractivity contribution in [2.24, 2.45) is 0 Å². The summed E-state index contributed by atoms with van der Waals surface area (Å²) in [6.07, 6.45) is 0. The number of hydrogen-bond acceptors (Lipinski definition) is 0. The fourth-order valence-corrected chi connectivity index (χ4v) is 6.00. The first kappa shape index (κ1) is 16.4. The monoisotopic (exact) mass is 361 g/mol. The fraction of sp³-hybridized carbons (Fsp3) is 0. The third kappa shape index (κ3) is 3.27. The van der Waals surface area contributed by atoms with Crippen LogP contribution in [0.2, 0.25) is 0 Å². The van der Waals surface area contributed by atoms with Gasteiger partial charge in [-0.1, -0.05) is 54.6 Å². The van der Waals surface area contributed by atoms with Crippen LogP contribution in [0.3, 0.4) is 0 Å². The van der Waals surface area contributed by atoms with Gasteiger partial charge in [-0.25, -0.2) is 0 Å². The summed E-state index contributed by atoms with van der Waals surface area (Å²) in [5.74, 6) is 0. The summed E-state index contributed by atoms with van der Waals surface area (Å²) in [7, 11) is 0. The average molecular weight is 363 g/mol. The van der Waals surface area contributed by atoms with E-state index >= 15 is 0 Å². The molecule has 0 spiro atoms. The van der Waals surface area contributed by atoms with Gasteiger partial charge in [0.25, 0.3) is 0 Å². The van der Waals surface area contributed by atoms with E-state index in [4.69, 9.17) is 11.2 Å². The third-order valence-electron chi connectivity index (χ3n) is 3.34. The average Bonchev–Trinajstić information content (AvgIpc) is 2.56. The van der Waals surface area contributed by atoms with Gasteiger partial charge >= 0.3 is 0 Å².